The lowest BCUT2D eigenvalue weighted by molar-refractivity contribution is 0.0565. The first-order valence-electron chi connectivity index (χ1n) is 5.91. The number of aromatic nitrogens is 2. The van der Waals surface area contributed by atoms with Crippen LogP contribution in [-0.4, -0.2) is 21.4 Å². The fourth-order valence-corrected chi connectivity index (χ4v) is 2.33. The Bertz CT molecular complexity index is 525. The van der Waals surface area contributed by atoms with Crippen molar-refractivity contribution in [2.75, 3.05) is 0 Å². The molecule has 0 spiro atoms. The molecule has 18 heavy (non-hydrogen) atoms. The third-order valence-electron chi connectivity index (χ3n) is 2.93. The Balaban J connectivity index is 2.15. The Hall–Kier alpha value is -1.20. The van der Waals surface area contributed by atoms with Crippen LogP contribution in [0.3, 0.4) is 0 Å². The standard InChI is InChI=1S/C13H18N2O2S/c1-8-6-18-7-9(8)12-14-11(17-15-12)5-10(16)13(2,3)4/h6-7,10,16H,5H2,1-4H3. The summed E-state index contributed by atoms with van der Waals surface area (Å²) in [6, 6.07) is 0. The van der Waals surface area contributed by atoms with Gasteiger partial charge in [0.15, 0.2) is 0 Å². The minimum atomic E-state index is -0.491. The number of hydrogen-bond acceptors (Lipinski definition) is 5. The zero-order valence-electron chi connectivity index (χ0n) is 11.1. The molecule has 0 aromatic carbocycles. The molecule has 4 nitrogen and oxygen atoms in total. The van der Waals surface area contributed by atoms with Crippen molar-refractivity contribution in [3.63, 3.8) is 0 Å². The molecular formula is C13H18N2O2S. The molecule has 0 bridgehead atoms. The first-order valence-corrected chi connectivity index (χ1v) is 6.86. The summed E-state index contributed by atoms with van der Waals surface area (Å²) >= 11 is 1.62. The number of hydrogen-bond donors (Lipinski definition) is 1. The van der Waals surface area contributed by atoms with Crippen LogP contribution in [0, 0.1) is 12.3 Å². The van der Waals surface area contributed by atoms with E-state index in [1.165, 1.54) is 0 Å². The van der Waals surface area contributed by atoms with Gasteiger partial charge in [0.1, 0.15) is 0 Å². The number of aryl methyl sites for hydroxylation is 1. The number of thiophene rings is 1. The van der Waals surface area contributed by atoms with E-state index >= 15 is 0 Å². The van der Waals surface area contributed by atoms with Gasteiger partial charge in [0, 0.05) is 10.9 Å². The number of aliphatic hydroxyl groups excluding tert-OH is 1. The highest BCUT2D eigenvalue weighted by atomic mass is 32.1. The van der Waals surface area contributed by atoms with Crippen molar-refractivity contribution < 1.29 is 9.63 Å². The number of aliphatic hydroxyl groups is 1. The summed E-state index contributed by atoms with van der Waals surface area (Å²) in [5, 5.41) is 18.0. The van der Waals surface area contributed by atoms with E-state index in [4.69, 9.17) is 4.52 Å². The van der Waals surface area contributed by atoms with Crippen molar-refractivity contribution in [2.45, 2.75) is 40.2 Å². The second-order valence-electron chi connectivity index (χ2n) is 5.57. The summed E-state index contributed by atoms with van der Waals surface area (Å²) in [6.45, 7) is 7.97. The van der Waals surface area contributed by atoms with Crippen LogP contribution in [0.5, 0.6) is 0 Å². The van der Waals surface area contributed by atoms with Gasteiger partial charge in [-0.1, -0.05) is 25.9 Å². The summed E-state index contributed by atoms with van der Waals surface area (Å²) in [5.41, 5.74) is 1.95. The largest absolute Gasteiger partial charge is 0.392 e. The van der Waals surface area contributed by atoms with Gasteiger partial charge in [-0.3, -0.25) is 0 Å². The lowest BCUT2D eigenvalue weighted by Gasteiger charge is -2.24. The highest BCUT2D eigenvalue weighted by Crippen LogP contribution is 2.26. The molecule has 2 aromatic heterocycles. The SMILES string of the molecule is Cc1cscc1-c1noc(CC(O)C(C)(C)C)n1. The monoisotopic (exact) mass is 266 g/mol. The van der Waals surface area contributed by atoms with Crippen molar-refractivity contribution in [2.24, 2.45) is 5.41 Å². The maximum Gasteiger partial charge on any atom is 0.229 e. The van der Waals surface area contributed by atoms with E-state index in [1.54, 1.807) is 11.3 Å². The molecular weight excluding hydrogens is 248 g/mol. The third kappa shape index (κ3) is 2.79. The summed E-state index contributed by atoms with van der Waals surface area (Å²) in [4.78, 5) is 4.34. The highest BCUT2D eigenvalue weighted by molar-refractivity contribution is 7.08. The molecule has 0 fully saturated rings. The molecule has 98 valence electrons. The van der Waals surface area contributed by atoms with Gasteiger partial charge in [-0.25, -0.2) is 0 Å². The van der Waals surface area contributed by atoms with Crippen LogP contribution in [0.1, 0.15) is 32.2 Å². The Kier molecular flexibility index (Phi) is 3.54. The van der Waals surface area contributed by atoms with Gasteiger partial charge in [0.05, 0.1) is 12.5 Å². The fraction of sp³-hybridized carbons (Fsp3) is 0.538. The van der Waals surface area contributed by atoms with Crippen LogP contribution in [0.2, 0.25) is 0 Å². The average molecular weight is 266 g/mol. The van der Waals surface area contributed by atoms with Crippen molar-refractivity contribution >= 4 is 11.3 Å². The van der Waals surface area contributed by atoms with E-state index in [1.807, 2.05) is 33.1 Å². The Labute approximate surface area is 111 Å². The molecule has 1 atom stereocenters. The molecule has 0 aliphatic heterocycles. The van der Waals surface area contributed by atoms with E-state index in [0.717, 1.165) is 11.1 Å². The normalized spacial score (nSPS) is 13.8. The van der Waals surface area contributed by atoms with Crippen LogP contribution in [0.4, 0.5) is 0 Å². The highest BCUT2D eigenvalue weighted by Gasteiger charge is 2.25. The molecule has 0 aliphatic rings. The Morgan fingerprint density at radius 3 is 2.67 bits per heavy atom. The van der Waals surface area contributed by atoms with Gasteiger partial charge in [-0.2, -0.15) is 16.3 Å². The van der Waals surface area contributed by atoms with Crippen molar-refractivity contribution in [3.8, 4) is 11.4 Å². The summed E-state index contributed by atoms with van der Waals surface area (Å²) in [7, 11) is 0. The topological polar surface area (TPSA) is 59.2 Å². The molecule has 5 heteroatoms. The zero-order valence-corrected chi connectivity index (χ0v) is 11.9. The molecule has 0 radical (unpaired) electrons. The van der Waals surface area contributed by atoms with Gasteiger partial charge >= 0.3 is 0 Å². The summed E-state index contributed by atoms with van der Waals surface area (Å²) in [6.07, 6.45) is -0.103. The maximum absolute atomic E-state index is 10.0. The molecule has 2 rings (SSSR count). The van der Waals surface area contributed by atoms with E-state index in [2.05, 4.69) is 15.5 Å². The minimum Gasteiger partial charge on any atom is -0.392 e. The van der Waals surface area contributed by atoms with Gasteiger partial charge in [0.2, 0.25) is 11.7 Å². The quantitative estimate of drug-likeness (QED) is 0.927. The molecule has 0 saturated heterocycles. The van der Waals surface area contributed by atoms with Crippen LogP contribution in [0.25, 0.3) is 11.4 Å². The minimum absolute atomic E-state index is 0.188. The second kappa shape index (κ2) is 4.82. The van der Waals surface area contributed by atoms with E-state index in [0.29, 0.717) is 18.1 Å². The molecule has 0 aliphatic carbocycles. The average Bonchev–Trinajstić information content (AvgIpc) is 2.85. The second-order valence-corrected chi connectivity index (χ2v) is 6.31. The molecule has 0 saturated carbocycles. The fourth-order valence-electron chi connectivity index (χ4n) is 1.51. The van der Waals surface area contributed by atoms with Crippen LogP contribution < -0.4 is 0 Å². The predicted octanol–water partition coefficient (Wildman–Crippen LogP) is 3.06. The van der Waals surface area contributed by atoms with E-state index in [9.17, 15) is 5.11 Å². The molecule has 2 heterocycles. The Morgan fingerprint density at radius 1 is 1.39 bits per heavy atom. The number of nitrogens with zero attached hydrogens (tertiary/aromatic N) is 2. The van der Waals surface area contributed by atoms with Gasteiger partial charge in [0.25, 0.3) is 0 Å². The lowest BCUT2D eigenvalue weighted by Crippen LogP contribution is -2.28. The molecule has 0 amide bonds. The van der Waals surface area contributed by atoms with Gasteiger partial charge in [-0.05, 0) is 23.3 Å². The smallest absolute Gasteiger partial charge is 0.229 e. The van der Waals surface area contributed by atoms with Gasteiger partial charge < -0.3 is 9.63 Å². The first kappa shape index (κ1) is 13.2. The number of rotatable bonds is 3. The van der Waals surface area contributed by atoms with Crippen molar-refractivity contribution in [1.29, 1.82) is 0 Å². The molecule has 1 N–H and O–H groups in total. The summed E-state index contributed by atoms with van der Waals surface area (Å²) in [5.74, 6) is 1.09. The first-order chi connectivity index (χ1) is 8.38. The van der Waals surface area contributed by atoms with Crippen molar-refractivity contribution in [1.82, 2.24) is 10.1 Å². The van der Waals surface area contributed by atoms with Gasteiger partial charge in [-0.15, -0.1) is 0 Å². The molecule has 2 aromatic rings. The predicted molar refractivity (Wildman–Crippen MR) is 71.5 cm³/mol. The van der Waals surface area contributed by atoms with Crippen LogP contribution in [-0.2, 0) is 6.42 Å². The van der Waals surface area contributed by atoms with E-state index in [-0.39, 0.29) is 5.41 Å². The van der Waals surface area contributed by atoms with Crippen molar-refractivity contribution in [3.05, 3.63) is 22.2 Å². The molecule has 1 unspecified atom stereocenters. The Morgan fingerprint density at radius 2 is 2.11 bits per heavy atom. The lowest BCUT2D eigenvalue weighted by atomic mass is 9.87. The van der Waals surface area contributed by atoms with E-state index < -0.39 is 6.10 Å². The van der Waals surface area contributed by atoms with Crippen LogP contribution >= 0.6 is 11.3 Å². The van der Waals surface area contributed by atoms with Crippen LogP contribution in [0.15, 0.2) is 15.3 Å². The maximum atomic E-state index is 10.0. The zero-order chi connectivity index (χ0) is 13.3. The third-order valence-corrected chi connectivity index (χ3v) is 3.79. The summed E-state index contributed by atoms with van der Waals surface area (Å²) < 4.78 is 5.19.